The summed E-state index contributed by atoms with van der Waals surface area (Å²) in [6.45, 7) is 0.0627. The van der Waals surface area contributed by atoms with Crippen molar-refractivity contribution in [3.8, 4) is 17.6 Å². The van der Waals surface area contributed by atoms with Gasteiger partial charge >= 0.3 is 0 Å². The average Bonchev–Trinajstić information content (AvgIpc) is 2.15. The van der Waals surface area contributed by atoms with E-state index in [4.69, 9.17) is 14.7 Å². The standard InChI is InChI=1S/C9H9NO2/c1-11-8-3-2-4-9(7-8)12-6-5-10/h2-4,7H,6H2,1H3. The predicted octanol–water partition coefficient (Wildman–Crippen LogP) is 1.60. The van der Waals surface area contributed by atoms with Crippen LogP contribution in [0.5, 0.6) is 11.5 Å². The molecule has 0 spiro atoms. The van der Waals surface area contributed by atoms with Gasteiger partial charge in [-0.2, -0.15) is 5.26 Å². The Balaban J connectivity index is 2.67. The second kappa shape index (κ2) is 4.24. The molecule has 0 aromatic heterocycles. The first-order valence-corrected chi connectivity index (χ1v) is 3.50. The van der Waals surface area contributed by atoms with E-state index in [-0.39, 0.29) is 6.61 Å². The fourth-order valence-electron chi connectivity index (χ4n) is 0.807. The molecule has 1 rings (SSSR count). The number of nitriles is 1. The molecule has 0 heterocycles. The Morgan fingerprint density at radius 2 is 2.17 bits per heavy atom. The maximum absolute atomic E-state index is 8.25. The van der Waals surface area contributed by atoms with Gasteiger partial charge in [0.15, 0.2) is 6.61 Å². The Bertz CT molecular complexity index is 291. The monoisotopic (exact) mass is 163 g/mol. The highest BCUT2D eigenvalue weighted by atomic mass is 16.5. The van der Waals surface area contributed by atoms with Crippen LogP contribution in [0.15, 0.2) is 24.3 Å². The Morgan fingerprint density at radius 3 is 2.83 bits per heavy atom. The lowest BCUT2D eigenvalue weighted by atomic mass is 10.3. The van der Waals surface area contributed by atoms with Crippen LogP contribution in [0.1, 0.15) is 0 Å². The van der Waals surface area contributed by atoms with E-state index in [1.165, 1.54) is 0 Å². The van der Waals surface area contributed by atoms with Crippen LogP contribution >= 0.6 is 0 Å². The number of nitrogens with zero attached hydrogens (tertiary/aromatic N) is 1. The molecule has 0 atom stereocenters. The average molecular weight is 163 g/mol. The number of ether oxygens (including phenoxy) is 2. The summed E-state index contributed by atoms with van der Waals surface area (Å²) in [5.74, 6) is 1.38. The maximum Gasteiger partial charge on any atom is 0.174 e. The molecular formula is C9H9NO2. The van der Waals surface area contributed by atoms with Crippen molar-refractivity contribution in [1.82, 2.24) is 0 Å². The summed E-state index contributed by atoms with van der Waals surface area (Å²) in [7, 11) is 1.59. The van der Waals surface area contributed by atoms with E-state index >= 15 is 0 Å². The van der Waals surface area contributed by atoms with Gasteiger partial charge in [0.2, 0.25) is 0 Å². The molecule has 3 nitrogen and oxygen atoms in total. The van der Waals surface area contributed by atoms with Gasteiger partial charge in [0.25, 0.3) is 0 Å². The lowest BCUT2D eigenvalue weighted by Crippen LogP contribution is -1.93. The number of hydrogen-bond acceptors (Lipinski definition) is 3. The van der Waals surface area contributed by atoms with Crippen molar-refractivity contribution in [2.75, 3.05) is 13.7 Å². The van der Waals surface area contributed by atoms with Crippen LogP contribution in [0.3, 0.4) is 0 Å². The quantitative estimate of drug-likeness (QED) is 0.679. The third-order valence-corrected chi connectivity index (χ3v) is 1.34. The van der Waals surface area contributed by atoms with E-state index in [2.05, 4.69) is 0 Å². The molecule has 0 aliphatic rings. The zero-order chi connectivity index (χ0) is 8.81. The van der Waals surface area contributed by atoms with Crippen LogP contribution in [0.4, 0.5) is 0 Å². The molecule has 62 valence electrons. The molecule has 0 saturated carbocycles. The van der Waals surface area contributed by atoms with E-state index in [0.717, 1.165) is 5.75 Å². The summed E-state index contributed by atoms with van der Waals surface area (Å²) < 4.78 is 10.0. The first-order chi connectivity index (χ1) is 5.86. The van der Waals surface area contributed by atoms with Gasteiger partial charge in [0.05, 0.1) is 7.11 Å². The van der Waals surface area contributed by atoms with E-state index in [9.17, 15) is 0 Å². The Kier molecular flexibility index (Phi) is 2.97. The van der Waals surface area contributed by atoms with Gasteiger partial charge in [-0.15, -0.1) is 0 Å². The van der Waals surface area contributed by atoms with Crippen LogP contribution < -0.4 is 9.47 Å². The van der Waals surface area contributed by atoms with Crippen molar-refractivity contribution in [3.05, 3.63) is 24.3 Å². The summed E-state index contributed by atoms with van der Waals surface area (Å²) in [5.41, 5.74) is 0. The molecule has 12 heavy (non-hydrogen) atoms. The summed E-state index contributed by atoms with van der Waals surface area (Å²) in [6.07, 6.45) is 0. The molecule has 0 saturated heterocycles. The van der Waals surface area contributed by atoms with Crippen LogP contribution in [0.2, 0.25) is 0 Å². The van der Waals surface area contributed by atoms with E-state index < -0.39 is 0 Å². The van der Waals surface area contributed by atoms with Crippen molar-refractivity contribution >= 4 is 0 Å². The topological polar surface area (TPSA) is 42.2 Å². The number of hydrogen-bond donors (Lipinski definition) is 0. The molecule has 0 radical (unpaired) electrons. The van der Waals surface area contributed by atoms with E-state index in [1.54, 1.807) is 19.2 Å². The third-order valence-electron chi connectivity index (χ3n) is 1.34. The second-order valence-corrected chi connectivity index (χ2v) is 2.13. The minimum atomic E-state index is 0.0627. The zero-order valence-corrected chi connectivity index (χ0v) is 6.78. The molecule has 1 aromatic rings. The van der Waals surface area contributed by atoms with Crippen molar-refractivity contribution in [2.45, 2.75) is 0 Å². The van der Waals surface area contributed by atoms with Crippen LogP contribution in [0, 0.1) is 11.3 Å². The van der Waals surface area contributed by atoms with E-state index in [1.807, 2.05) is 18.2 Å². The second-order valence-electron chi connectivity index (χ2n) is 2.13. The SMILES string of the molecule is COc1cccc(OCC#N)c1. The summed E-state index contributed by atoms with van der Waals surface area (Å²) in [4.78, 5) is 0. The highest BCUT2D eigenvalue weighted by Crippen LogP contribution is 2.18. The highest BCUT2D eigenvalue weighted by molar-refractivity contribution is 5.32. The van der Waals surface area contributed by atoms with Crippen LogP contribution in [-0.2, 0) is 0 Å². The van der Waals surface area contributed by atoms with Gasteiger partial charge in [0, 0.05) is 6.07 Å². The molecule has 0 N–H and O–H groups in total. The van der Waals surface area contributed by atoms with Gasteiger partial charge in [-0.25, -0.2) is 0 Å². The zero-order valence-electron chi connectivity index (χ0n) is 6.78. The molecule has 1 aromatic carbocycles. The first-order valence-electron chi connectivity index (χ1n) is 3.50. The lowest BCUT2D eigenvalue weighted by molar-refractivity contribution is 0.361. The molecule has 0 aliphatic heterocycles. The Morgan fingerprint density at radius 1 is 1.42 bits per heavy atom. The summed E-state index contributed by atoms with van der Waals surface area (Å²) in [6, 6.07) is 9.03. The summed E-state index contributed by atoms with van der Waals surface area (Å²) >= 11 is 0. The number of rotatable bonds is 3. The minimum absolute atomic E-state index is 0.0627. The lowest BCUT2D eigenvalue weighted by Gasteiger charge is -2.03. The molecule has 0 fully saturated rings. The van der Waals surface area contributed by atoms with E-state index in [0.29, 0.717) is 5.75 Å². The van der Waals surface area contributed by atoms with Crippen molar-refractivity contribution < 1.29 is 9.47 Å². The largest absolute Gasteiger partial charge is 0.497 e. The van der Waals surface area contributed by atoms with Crippen molar-refractivity contribution in [2.24, 2.45) is 0 Å². The number of methoxy groups -OCH3 is 1. The molecule has 0 unspecified atom stereocenters. The maximum atomic E-state index is 8.25. The van der Waals surface area contributed by atoms with Crippen LogP contribution in [-0.4, -0.2) is 13.7 Å². The fourth-order valence-corrected chi connectivity index (χ4v) is 0.807. The van der Waals surface area contributed by atoms with Crippen molar-refractivity contribution in [1.29, 1.82) is 5.26 Å². The molecule has 3 heteroatoms. The smallest absolute Gasteiger partial charge is 0.174 e. The van der Waals surface area contributed by atoms with Gasteiger partial charge in [-0.1, -0.05) is 6.07 Å². The molecule has 0 amide bonds. The third kappa shape index (κ3) is 2.17. The highest BCUT2D eigenvalue weighted by Gasteiger charge is 1.94. The molecule has 0 aliphatic carbocycles. The van der Waals surface area contributed by atoms with Crippen LogP contribution in [0.25, 0.3) is 0 Å². The van der Waals surface area contributed by atoms with Gasteiger partial charge in [-0.05, 0) is 12.1 Å². The van der Waals surface area contributed by atoms with Crippen molar-refractivity contribution in [3.63, 3.8) is 0 Å². The Hall–Kier alpha value is -1.69. The van der Waals surface area contributed by atoms with Gasteiger partial charge in [-0.3, -0.25) is 0 Å². The minimum Gasteiger partial charge on any atom is -0.497 e. The number of benzene rings is 1. The predicted molar refractivity (Wildman–Crippen MR) is 44.1 cm³/mol. The summed E-state index contributed by atoms with van der Waals surface area (Å²) in [5, 5.41) is 8.25. The molecular weight excluding hydrogens is 154 g/mol. The van der Waals surface area contributed by atoms with Gasteiger partial charge in [0.1, 0.15) is 17.6 Å². The first kappa shape index (κ1) is 8.41. The molecule has 0 bridgehead atoms. The Labute approximate surface area is 71.1 Å². The van der Waals surface area contributed by atoms with Gasteiger partial charge < -0.3 is 9.47 Å². The fraction of sp³-hybridized carbons (Fsp3) is 0.222. The normalized spacial score (nSPS) is 8.67.